The molecule has 2 aromatic heterocycles. The molecule has 1 aliphatic carbocycles. The first kappa shape index (κ1) is 19.6. The van der Waals surface area contributed by atoms with Crippen LogP contribution < -0.4 is 5.32 Å². The number of nitrogens with one attached hydrogen (secondary N) is 1. The van der Waals surface area contributed by atoms with Gasteiger partial charge in [0.1, 0.15) is 11.6 Å². The predicted octanol–water partition coefficient (Wildman–Crippen LogP) is 6.45. The highest BCUT2D eigenvalue weighted by atomic mass is 35.5. The van der Waals surface area contributed by atoms with Gasteiger partial charge in [0.05, 0.1) is 10.7 Å². The molecule has 0 radical (unpaired) electrons. The number of halogens is 2. The Morgan fingerprint density at radius 1 is 1.10 bits per heavy atom. The van der Waals surface area contributed by atoms with E-state index in [2.05, 4.69) is 28.5 Å². The molecule has 2 heterocycles. The van der Waals surface area contributed by atoms with Crippen LogP contribution >= 0.6 is 11.6 Å². The standard InChI is InChI=1S/C24H23ClFN3/c25-22-16-27-20(13-17-6-2-1-3-7-17)14-21(22)23-10-5-11-24(29-23)28-15-18-8-4-9-19(26)12-18/h1-2,4-5,8-12,14,16-17H,3,6-7,13,15H2,(H,28,29). The van der Waals surface area contributed by atoms with Gasteiger partial charge in [-0.25, -0.2) is 9.37 Å². The third-order valence-electron chi connectivity index (χ3n) is 5.18. The third-order valence-corrected chi connectivity index (χ3v) is 5.48. The molecule has 4 rings (SSSR count). The van der Waals surface area contributed by atoms with E-state index in [1.165, 1.54) is 18.6 Å². The van der Waals surface area contributed by atoms with Gasteiger partial charge in [-0.15, -0.1) is 0 Å². The van der Waals surface area contributed by atoms with Gasteiger partial charge in [0.15, 0.2) is 0 Å². The van der Waals surface area contributed by atoms with E-state index >= 15 is 0 Å². The Balaban J connectivity index is 1.51. The monoisotopic (exact) mass is 407 g/mol. The summed E-state index contributed by atoms with van der Waals surface area (Å²) in [4.78, 5) is 9.23. The van der Waals surface area contributed by atoms with Crippen LogP contribution in [0.4, 0.5) is 10.2 Å². The molecule has 0 saturated carbocycles. The molecule has 1 N–H and O–H groups in total. The zero-order valence-corrected chi connectivity index (χ0v) is 16.9. The van der Waals surface area contributed by atoms with Gasteiger partial charge < -0.3 is 5.32 Å². The summed E-state index contributed by atoms with van der Waals surface area (Å²) in [6.07, 6.45) is 10.6. The molecule has 0 saturated heterocycles. The summed E-state index contributed by atoms with van der Waals surface area (Å²) in [6.45, 7) is 0.499. The Bertz CT molecular complexity index is 1020. The molecule has 3 aromatic rings. The van der Waals surface area contributed by atoms with Crippen LogP contribution in [0, 0.1) is 11.7 Å². The van der Waals surface area contributed by atoms with E-state index in [0.29, 0.717) is 17.5 Å². The highest BCUT2D eigenvalue weighted by Gasteiger charge is 2.14. The number of nitrogens with zero attached hydrogens (tertiary/aromatic N) is 2. The van der Waals surface area contributed by atoms with Crippen molar-refractivity contribution in [1.82, 2.24) is 9.97 Å². The lowest BCUT2D eigenvalue weighted by molar-refractivity contribution is 0.472. The van der Waals surface area contributed by atoms with Crippen LogP contribution in [-0.4, -0.2) is 9.97 Å². The van der Waals surface area contributed by atoms with E-state index < -0.39 is 0 Å². The fraction of sp³-hybridized carbons (Fsp3) is 0.250. The summed E-state index contributed by atoms with van der Waals surface area (Å²) < 4.78 is 13.4. The average molecular weight is 408 g/mol. The largest absolute Gasteiger partial charge is 0.366 e. The van der Waals surface area contributed by atoms with Gasteiger partial charge in [-0.1, -0.05) is 42.0 Å². The fourth-order valence-electron chi connectivity index (χ4n) is 3.65. The molecule has 29 heavy (non-hydrogen) atoms. The van der Waals surface area contributed by atoms with Gasteiger partial charge in [-0.05, 0) is 67.5 Å². The molecule has 0 amide bonds. The number of hydrogen-bond acceptors (Lipinski definition) is 3. The van der Waals surface area contributed by atoms with Crippen molar-refractivity contribution in [3.05, 3.63) is 89.0 Å². The van der Waals surface area contributed by atoms with Crippen LogP contribution in [0.1, 0.15) is 30.5 Å². The smallest absolute Gasteiger partial charge is 0.126 e. The Hall–Kier alpha value is -2.72. The number of hydrogen-bond donors (Lipinski definition) is 1. The summed E-state index contributed by atoms with van der Waals surface area (Å²) in [5.41, 5.74) is 3.59. The Morgan fingerprint density at radius 2 is 2.00 bits per heavy atom. The van der Waals surface area contributed by atoms with E-state index in [9.17, 15) is 4.39 Å². The second kappa shape index (κ2) is 9.19. The van der Waals surface area contributed by atoms with Crippen LogP contribution in [0.25, 0.3) is 11.3 Å². The first-order chi connectivity index (χ1) is 14.2. The maximum atomic E-state index is 13.4. The van der Waals surface area contributed by atoms with E-state index in [0.717, 1.165) is 47.6 Å². The molecule has 1 unspecified atom stereocenters. The van der Waals surface area contributed by atoms with Gasteiger partial charge in [-0.3, -0.25) is 4.98 Å². The van der Waals surface area contributed by atoms with Gasteiger partial charge >= 0.3 is 0 Å². The molecule has 1 aromatic carbocycles. The van der Waals surface area contributed by atoms with Crippen molar-refractivity contribution in [2.45, 2.75) is 32.2 Å². The number of benzene rings is 1. The van der Waals surface area contributed by atoms with Crippen molar-refractivity contribution in [3.8, 4) is 11.3 Å². The quantitative estimate of drug-likeness (QED) is 0.477. The number of rotatable bonds is 6. The van der Waals surface area contributed by atoms with Crippen LogP contribution in [0.15, 0.2) is 66.9 Å². The van der Waals surface area contributed by atoms with E-state index in [-0.39, 0.29) is 5.82 Å². The average Bonchev–Trinajstić information content (AvgIpc) is 2.75. The zero-order chi connectivity index (χ0) is 20.1. The topological polar surface area (TPSA) is 37.8 Å². The SMILES string of the molecule is Fc1cccc(CNc2cccc(-c3cc(CC4CC=CCC4)ncc3Cl)n2)c1. The minimum atomic E-state index is -0.240. The van der Waals surface area contributed by atoms with E-state index in [1.54, 1.807) is 12.3 Å². The van der Waals surface area contributed by atoms with Crippen molar-refractivity contribution in [1.29, 1.82) is 0 Å². The third kappa shape index (κ3) is 5.21. The number of pyridine rings is 2. The lowest BCUT2D eigenvalue weighted by Crippen LogP contribution is -2.07. The summed E-state index contributed by atoms with van der Waals surface area (Å²) in [6, 6.07) is 14.4. The molecular weight excluding hydrogens is 385 g/mol. The van der Waals surface area contributed by atoms with Crippen molar-refractivity contribution in [2.24, 2.45) is 5.92 Å². The van der Waals surface area contributed by atoms with Gasteiger partial charge in [-0.2, -0.15) is 0 Å². The Morgan fingerprint density at radius 3 is 2.83 bits per heavy atom. The van der Waals surface area contributed by atoms with Gasteiger partial charge in [0.2, 0.25) is 0 Å². The molecule has 3 nitrogen and oxygen atoms in total. The number of allylic oxidation sites excluding steroid dienone is 2. The lowest BCUT2D eigenvalue weighted by Gasteiger charge is -2.17. The predicted molar refractivity (Wildman–Crippen MR) is 116 cm³/mol. The fourth-order valence-corrected chi connectivity index (χ4v) is 3.85. The minimum absolute atomic E-state index is 0.240. The first-order valence-corrected chi connectivity index (χ1v) is 10.3. The van der Waals surface area contributed by atoms with Gasteiger partial charge in [0.25, 0.3) is 0 Å². The molecule has 0 spiro atoms. The highest BCUT2D eigenvalue weighted by molar-refractivity contribution is 6.33. The Kier molecular flexibility index (Phi) is 6.20. The summed E-state index contributed by atoms with van der Waals surface area (Å²) in [5, 5.41) is 3.84. The van der Waals surface area contributed by atoms with Crippen molar-refractivity contribution in [3.63, 3.8) is 0 Å². The summed E-state index contributed by atoms with van der Waals surface area (Å²) in [5.74, 6) is 1.11. The van der Waals surface area contributed by atoms with Crippen LogP contribution in [-0.2, 0) is 13.0 Å². The van der Waals surface area contributed by atoms with E-state index in [4.69, 9.17) is 16.6 Å². The van der Waals surface area contributed by atoms with Gasteiger partial charge in [0, 0.05) is 24.0 Å². The maximum Gasteiger partial charge on any atom is 0.126 e. The highest BCUT2D eigenvalue weighted by Crippen LogP contribution is 2.29. The molecule has 148 valence electrons. The molecule has 0 aliphatic heterocycles. The number of anilines is 1. The second-order valence-electron chi connectivity index (χ2n) is 7.40. The van der Waals surface area contributed by atoms with Crippen LogP contribution in [0.3, 0.4) is 0 Å². The lowest BCUT2D eigenvalue weighted by atomic mass is 9.90. The minimum Gasteiger partial charge on any atom is -0.366 e. The van der Waals surface area contributed by atoms with Crippen molar-refractivity contribution >= 4 is 17.4 Å². The molecule has 0 bridgehead atoms. The summed E-state index contributed by atoms with van der Waals surface area (Å²) >= 11 is 6.44. The van der Waals surface area contributed by atoms with E-state index in [1.807, 2.05) is 24.3 Å². The molecule has 5 heteroatoms. The van der Waals surface area contributed by atoms with Crippen LogP contribution in [0.2, 0.25) is 5.02 Å². The van der Waals surface area contributed by atoms with Crippen molar-refractivity contribution < 1.29 is 4.39 Å². The summed E-state index contributed by atoms with van der Waals surface area (Å²) in [7, 11) is 0. The molecule has 0 fully saturated rings. The zero-order valence-electron chi connectivity index (χ0n) is 16.1. The molecule has 1 atom stereocenters. The normalized spacial score (nSPS) is 16.0. The maximum absolute atomic E-state index is 13.4. The Labute approximate surface area is 175 Å². The molecular formula is C24H23ClFN3. The number of aromatic nitrogens is 2. The van der Waals surface area contributed by atoms with Crippen molar-refractivity contribution in [2.75, 3.05) is 5.32 Å². The molecule has 1 aliphatic rings. The second-order valence-corrected chi connectivity index (χ2v) is 7.81. The first-order valence-electron chi connectivity index (χ1n) is 9.92. The van der Waals surface area contributed by atoms with Crippen LogP contribution in [0.5, 0.6) is 0 Å².